The van der Waals surface area contributed by atoms with Crippen molar-refractivity contribution >= 4 is 113 Å². The summed E-state index contributed by atoms with van der Waals surface area (Å²) in [6.45, 7) is 0. The number of rotatable bonds is 4. The summed E-state index contributed by atoms with van der Waals surface area (Å²) in [7, 11) is -9.22. The predicted molar refractivity (Wildman–Crippen MR) is 119 cm³/mol. The Balaban J connectivity index is 0.00000240. The second-order valence-electron chi connectivity index (χ2n) is 5.92. The number of benzene rings is 3. The first-order valence-corrected chi connectivity index (χ1v) is 10.6. The van der Waals surface area contributed by atoms with Crippen molar-refractivity contribution in [1.29, 1.82) is 0 Å². The minimum atomic E-state index is -4.65. The van der Waals surface area contributed by atoms with E-state index >= 15 is 0 Å². The second-order valence-corrected chi connectivity index (χ2v) is 8.73. The Labute approximate surface area is 221 Å². The van der Waals surface area contributed by atoms with E-state index in [2.05, 4.69) is 10.2 Å². The summed E-state index contributed by atoms with van der Waals surface area (Å²) in [5.74, 6) is -0.552. The molecular weight excluding hydrogens is 470 g/mol. The zero-order valence-corrected chi connectivity index (χ0v) is 16.0. The number of phenolic OH excluding ortho intramolecular Hbond substituents is 1. The molecule has 0 spiro atoms. The molecular formula is C16H16N4Na2O7S2. The van der Waals surface area contributed by atoms with Crippen LogP contribution in [0.2, 0.25) is 0 Å². The summed E-state index contributed by atoms with van der Waals surface area (Å²) in [5.41, 5.74) is 11.2. The second kappa shape index (κ2) is 10.1. The Morgan fingerprint density at radius 2 is 1.45 bits per heavy atom. The summed E-state index contributed by atoms with van der Waals surface area (Å²) in [5, 5.41) is 18.1. The topological polar surface area (TPSA) is 206 Å². The molecule has 0 saturated heterocycles. The average Bonchev–Trinajstić information content (AvgIpc) is 2.60. The standard InChI is InChI=1S/C16H14N4O7S2.2Na.2H/c17-9-2-4-12(14(6-9)29(25,26)27)19-20-16-11(18)3-1-8-5-10(28(22,23)24)7-13(21)15(8)16;;;;/h1-7,21H,17-18H2,(H,22,23,24)(H,25,26,27);;;;/b20-19+;;;;. The van der Waals surface area contributed by atoms with Gasteiger partial charge in [0.05, 0.1) is 16.0 Å². The number of aromatic hydroxyl groups is 1. The van der Waals surface area contributed by atoms with Gasteiger partial charge >= 0.3 is 59.1 Å². The molecule has 15 heteroatoms. The number of azo groups is 1. The third kappa shape index (κ3) is 6.16. The van der Waals surface area contributed by atoms with Gasteiger partial charge in [-0.2, -0.15) is 16.8 Å². The molecule has 3 aromatic rings. The summed E-state index contributed by atoms with van der Waals surface area (Å²) >= 11 is 0. The van der Waals surface area contributed by atoms with E-state index in [9.17, 15) is 31.0 Å². The number of hydrogen-bond donors (Lipinski definition) is 5. The molecule has 0 aliphatic rings. The van der Waals surface area contributed by atoms with E-state index in [0.717, 1.165) is 18.2 Å². The third-order valence-corrected chi connectivity index (χ3v) is 5.61. The Kier molecular flexibility index (Phi) is 9.07. The molecule has 3 rings (SSSR count). The van der Waals surface area contributed by atoms with Crippen molar-refractivity contribution < 1.29 is 31.0 Å². The van der Waals surface area contributed by atoms with Gasteiger partial charge < -0.3 is 16.6 Å². The van der Waals surface area contributed by atoms with E-state index in [0.29, 0.717) is 0 Å². The van der Waals surface area contributed by atoms with Gasteiger partial charge in [0, 0.05) is 11.8 Å². The maximum atomic E-state index is 11.5. The van der Waals surface area contributed by atoms with Gasteiger partial charge in [-0.25, -0.2) is 0 Å². The number of phenols is 1. The van der Waals surface area contributed by atoms with E-state index in [4.69, 9.17) is 11.5 Å². The molecule has 0 aliphatic carbocycles. The van der Waals surface area contributed by atoms with E-state index in [1.165, 1.54) is 24.3 Å². The zero-order chi connectivity index (χ0) is 21.6. The molecule has 0 aromatic heterocycles. The molecule has 0 bridgehead atoms. The summed E-state index contributed by atoms with van der Waals surface area (Å²) in [6.07, 6.45) is 0. The van der Waals surface area contributed by atoms with Gasteiger partial charge in [-0.05, 0) is 35.7 Å². The third-order valence-electron chi connectivity index (χ3n) is 3.89. The van der Waals surface area contributed by atoms with E-state index < -0.39 is 35.8 Å². The number of nitrogen functional groups attached to an aromatic ring is 2. The van der Waals surface area contributed by atoms with Crippen LogP contribution in [0.1, 0.15) is 0 Å². The first-order chi connectivity index (χ1) is 13.4. The van der Waals surface area contributed by atoms with Crippen LogP contribution in [0, 0.1) is 0 Å². The van der Waals surface area contributed by atoms with Gasteiger partial charge in [0.25, 0.3) is 20.2 Å². The summed E-state index contributed by atoms with van der Waals surface area (Å²) < 4.78 is 64.3. The Morgan fingerprint density at radius 1 is 0.806 bits per heavy atom. The van der Waals surface area contributed by atoms with E-state index in [1.54, 1.807) is 0 Å². The van der Waals surface area contributed by atoms with Gasteiger partial charge in [-0.3, -0.25) is 9.11 Å². The molecule has 0 heterocycles. The Morgan fingerprint density at radius 3 is 2.03 bits per heavy atom. The minimum absolute atomic E-state index is 0. The van der Waals surface area contributed by atoms with Crippen LogP contribution in [0.3, 0.4) is 0 Å². The van der Waals surface area contributed by atoms with Crippen molar-refractivity contribution in [3.63, 3.8) is 0 Å². The molecule has 0 amide bonds. The van der Waals surface area contributed by atoms with Gasteiger partial charge in [0.15, 0.2) is 0 Å². The molecule has 156 valence electrons. The fourth-order valence-electron chi connectivity index (χ4n) is 2.59. The number of nitrogens with two attached hydrogens (primary N) is 2. The summed E-state index contributed by atoms with van der Waals surface area (Å²) in [6, 6.07) is 8.19. The van der Waals surface area contributed by atoms with Crippen LogP contribution in [0.15, 0.2) is 62.5 Å². The van der Waals surface area contributed by atoms with Crippen molar-refractivity contribution in [2.45, 2.75) is 9.79 Å². The Bertz CT molecular complexity index is 1390. The van der Waals surface area contributed by atoms with Crippen LogP contribution >= 0.6 is 0 Å². The Hall–Kier alpha value is -1.26. The molecule has 0 atom stereocenters. The molecule has 7 N–H and O–H groups in total. The quantitative estimate of drug-likeness (QED) is 0.156. The zero-order valence-electron chi connectivity index (χ0n) is 14.4. The van der Waals surface area contributed by atoms with Gasteiger partial charge in [0.2, 0.25) is 0 Å². The number of hydrogen-bond acceptors (Lipinski definition) is 9. The molecule has 0 radical (unpaired) electrons. The SMILES string of the molecule is Nc1ccc(/N=N/c2c(N)ccc3cc(S(=O)(=O)O)cc(O)c23)c(S(=O)(=O)O)c1.[NaH].[NaH]. The molecule has 11 nitrogen and oxygen atoms in total. The fraction of sp³-hybridized carbons (Fsp3) is 0. The molecule has 0 fully saturated rings. The normalized spacial score (nSPS) is 11.8. The predicted octanol–water partition coefficient (Wildman–Crippen LogP) is 1.32. The van der Waals surface area contributed by atoms with Crippen LogP contribution in [0.25, 0.3) is 10.8 Å². The van der Waals surface area contributed by atoms with Crippen molar-refractivity contribution in [2.24, 2.45) is 10.2 Å². The van der Waals surface area contributed by atoms with Crippen LogP contribution < -0.4 is 11.5 Å². The van der Waals surface area contributed by atoms with Crippen LogP contribution in [0.4, 0.5) is 22.7 Å². The number of nitrogens with zero attached hydrogens (tertiary/aromatic N) is 2. The molecule has 31 heavy (non-hydrogen) atoms. The van der Waals surface area contributed by atoms with Crippen molar-refractivity contribution in [3.8, 4) is 5.75 Å². The summed E-state index contributed by atoms with van der Waals surface area (Å²) in [4.78, 5) is -1.12. The number of fused-ring (bicyclic) bond motifs is 1. The van der Waals surface area contributed by atoms with Crippen LogP contribution in [-0.2, 0) is 20.2 Å². The number of anilines is 2. The first kappa shape index (κ1) is 27.8. The van der Waals surface area contributed by atoms with E-state index in [1.807, 2.05) is 0 Å². The first-order valence-electron chi connectivity index (χ1n) is 7.69. The van der Waals surface area contributed by atoms with Crippen molar-refractivity contribution in [2.75, 3.05) is 11.5 Å². The molecule has 0 unspecified atom stereocenters. The fourth-order valence-corrected chi connectivity index (χ4v) is 3.79. The van der Waals surface area contributed by atoms with Crippen molar-refractivity contribution in [1.82, 2.24) is 0 Å². The van der Waals surface area contributed by atoms with Crippen LogP contribution in [-0.4, -0.2) is 90.2 Å². The monoisotopic (exact) mass is 486 g/mol. The van der Waals surface area contributed by atoms with Gasteiger partial charge in [0.1, 0.15) is 22.0 Å². The van der Waals surface area contributed by atoms with Gasteiger partial charge in [-0.1, -0.05) is 6.07 Å². The van der Waals surface area contributed by atoms with E-state index in [-0.39, 0.29) is 92.6 Å². The average molecular weight is 486 g/mol. The van der Waals surface area contributed by atoms with Crippen molar-refractivity contribution in [3.05, 3.63) is 42.5 Å². The van der Waals surface area contributed by atoms with Crippen LogP contribution in [0.5, 0.6) is 5.75 Å². The molecule has 0 saturated carbocycles. The molecule has 3 aromatic carbocycles. The molecule has 0 aliphatic heterocycles. The maximum absolute atomic E-state index is 11.5. The van der Waals surface area contributed by atoms with Gasteiger partial charge in [-0.15, -0.1) is 10.2 Å².